The van der Waals surface area contributed by atoms with Gasteiger partial charge in [0.25, 0.3) is 5.91 Å². The Balaban J connectivity index is 2.24. The van der Waals surface area contributed by atoms with Crippen molar-refractivity contribution in [3.05, 3.63) is 40.9 Å². The van der Waals surface area contributed by atoms with Crippen molar-refractivity contribution < 1.29 is 13.2 Å². The molecule has 0 aliphatic rings. The Kier molecular flexibility index (Phi) is 5.12. The van der Waals surface area contributed by atoms with Gasteiger partial charge in [0.2, 0.25) is 10.0 Å². The molecule has 0 saturated carbocycles. The van der Waals surface area contributed by atoms with E-state index in [1.165, 1.54) is 37.6 Å². The minimum Gasteiger partial charge on any atom is -0.298 e. The molecule has 0 fully saturated rings. The summed E-state index contributed by atoms with van der Waals surface area (Å²) >= 11 is 1.34. The Morgan fingerprint density at radius 2 is 1.92 bits per heavy atom. The molecule has 130 valence electrons. The summed E-state index contributed by atoms with van der Waals surface area (Å²) in [5.74, 6) is -0.388. The number of aromatic nitrogens is 1. The molecule has 0 spiro atoms. The SMILES string of the molecule is CN(C)S(=O)(=O)c1cccc(C(=O)Nc2nc(C(C)(C)C)cs2)c1. The average molecular weight is 367 g/mol. The third kappa shape index (κ3) is 4.00. The van der Waals surface area contributed by atoms with Crippen molar-refractivity contribution in [2.75, 3.05) is 19.4 Å². The molecule has 0 saturated heterocycles. The lowest BCUT2D eigenvalue weighted by Crippen LogP contribution is -2.22. The van der Waals surface area contributed by atoms with Crippen LogP contribution in [-0.2, 0) is 15.4 Å². The van der Waals surface area contributed by atoms with Gasteiger partial charge >= 0.3 is 0 Å². The molecule has 1 aromatic heterocycles. The average Bonchev–Trinajstić information content (AvgIpc) is 2.96. The number of hydrogen-bond acceptors (Lipinski definition) is 5. The van der Waals surface area contributed by atoms with Gasteiger partial charge < -0.3 is 0 Å². The van der Waals surface area contributed by atoms with E-state index in [0.717, 1.165) is 10.00 Å². The largest absolute Gasteiger partial charge is 0.298 e. The number of rotatable bonds is 4. The Morgan fingerprint density at radius 3 is 2.46 bits per heavy atom. The molecule has 8 heteroatoms. The Morgan fingerprint density at radius 1 is 1.25 bits per heavy atom. The van der Waals surface area contributed by atoms with E-state index in [0.29, 0.717) is 5.13 Å². The van der Waals surface area contributed by atoms with Crippen LogP contribution in [0.1, 0.15) is 36.8 Å². The van der Waals surface area contributed by atoms with Crippen LogP contribution >= 0.6 is 11.3 Å². The summed E-state index contributed by atoms with van der Waals surface area (Å²) in [6.07, 6.45) is 0. The van der Waals surface area contributed by atoms with E-state index in [1.807, 2.05) is 26.2 Å². The van der Waals surface area contributed by atoms with Crippen LogP contribution < -0.4 is 5.32 Å². The second-order valence-electron chi connectivity index (χ2n) is 6.56. The maximum absolute atomic E-state index is 12.4. The van der Waals surface area contributed by atoms with Crippen LogP contribution in [0.25, 0.3) is 0 Å². The number of carbonyl (C=O) groups excluding carboxylic acids is 1. The first-order valence-electron chi connectivity index (χ1n) is 7.32. The van der Waals surface area contributed by atoms with Crippen molar-refractivity contribution in [1.29, 1.82) is 0 Å². The van der Waals surface area contributed by atoms with Crippen molar-refractivity contribution in [2.45, 2.75) is 31.1 Å². The Labute approximate surface area is 146 Å². The second kappa shape index (κ2) is 6.62. The van der Waals surface area contributed by atoms with E-state index >= 15 is 0 Å². The van der Waals surface area contributed by atoms with E-state index < -0.39 is 10.0 Å². The molecule has 24 heavy (non-hydrogen) atoms. The van der Waals surface area contributed by atoms with Gasteiger partial charge in [-0.3, -0.25) is 10.1 Å². The van der Waals surface area contributed by atoms with Gasteiger partial charge in [0.1, 0.15) is 0 Å². The fourth-order valence-corrected chi connectivity index (χ4v) is 3.73. The number of carbonyl (C=O) groups is 1. The van der Waals surface area contributed by atoms with E-state index in [-0.39, 0.29) is 21.8 Å². The molecule has 6 nitrogen and oxygen atoms in total. The van der Waals surface area contributed by atoms with Crippen molar-refractivity contribution in [1.82, 2.24) is 9.29 Å². The molecule has 1 amide bonds. The maximum atomic E-state index is 12.4. The van der Waals surface area contributed by atoms with Gasteiger partial charge in [-0.2, -0.15) is 0 Å². The summed E-state index contributed by atoms with van der Waals surface area (Å²) in [6.45, 7) is 6.13. The number of nitrogens with zero attached hydrogens (tertiary/aromatic N) is 2. The van der Waals surface area contributed by atoms with E-state index in [4.69, 9.17) is 0 Å². The van der Waals surface area contributed by atoms with Crippen LogP contribution in [0, 0.1) is 0 Å². The van der Waals surface area contributed by atoms with Crippen LogP contribution in [0.3, 0.4) is 0 Å². The monoisotopic (exact) mass is 367 g/mol. The molecule has 0 unspecified atom stereocenters. The molecular formula is C16H21N3O3S2. The van der Waals surface area contributed by atoms with E-state index in [1.54, 1.807) is 12.1 Å². The van der Waals surface area contributed by atoms with E-state index in [2.05, 4.69) is 10.3 Å². The molecule has 0 bridgehead atoms. The van der Waals surface area contributed by atoms with Crippen LogP contribution in [0.5, 0.6) is 0 Å². The summed E-state index contributed by atoms with van der Waals surface area (Å²) < 4.78 is 25.4. The zero-order valence-electron chi connectivity index (χ0n) is 14.3. The highest BCUT2D eigenvalue weighted by molar-refractivity contribution is 7.89. The van der Waals surface area contributed by atoms with Crippen molar-refractivity contribution in [2.24, 2.45) is 0 Å². The molecule has 1 aromatic carbocycles. The van der Waals surface area contributed by atoms with Gasteiger partial charge in [-0.15, -0.1) is 11.3 Å². The number of anilines is 1. The second-order valence-corrected chi connectivity index (χ2v) is 9.57. The molecule has 1 N–H and O–H groups in total. The summed E-state index contributed by atoms with van der Waals surface area (Å²) in [6, 6.07) is 5.95. The lowest BCUT2D eigenvalue weighted by Gasteiger charge is -2.14. The lowest BCUT2D eigenvalue weighted by atomic mass is 9.93. The van der Waals surface area contributed by atoms with Gasteiger partial charge in [0, 0.05) is 30.5 Å². The first-order valence-corrected chi connectivity index (χ1v) is 9.64. The van der Waals surface area contributed by atoms with Crippen LogP contribution in [-0.4, -0.2) is 37.7 Å². The molecule has 0 radical (unpaired) electrons. The number of amides is 1. The highest BCUT2D eigenvalue weighted by Gasteiger charge is 2.20. The highest BCUT2D eigenvalue weighted by atomic mass is 32.2. The molecule has 0 atom stereocenters. The summed E-state index contributed by atoms with van der Waals surface area (Å²) in [7, 11) is -0.681. The first-order chi connectivity index (χ1) is 11.0. The lowest BCUT2D eigenvalue weighted by molar-refractivity contribution is 0.102. The fourth-order valence-electron chi connectivity index (χ4n) is 1.85. The third-order valence-electron chi connectivity index (χ3n) is 3.37. The van der Waals surface area contributed by atoms with Gasteiger partial charge in [-0.1, -0.05) is 26.8 Å². The van der Waals surface area contributed by atoms with Crippen molar-refractivity contribution >= 4 is 32.4 Å². The predicted molar refractivity (Wildman–Crippen MR) is 96.1 cm³/mol. The van der Waals surface area contributed by atoms with Crippen molar-refractivity contribution in [3.63, 3.8) is 0 Å². The first kappa shape index (κ1) is 18.6. The van der Waals surface area contributed by atoms with Crippen molar-refractivity contribution in [3.8, 4) is 0 Å². The van der Waals surface area contributed by atoms with E-state index in [9.17, 15) is 13.2 Å². The molecule has 1 heterocycles. The minimum absolute atomic E-state index is 0.0784. The van der Waals surface area contributed by atoms with Gasteiger partial charge in [-0.25, -0.2) is 17.7 Å². The molecule has 2 rings (SSSR count). The zero-order valence-corrected chi connectivity index (χ0v) is 16.0. The minimum atomic E-state index is -3.58. The third-order valence-corrected chi connectivity index (χ3v) is 5.94. The number of hydrogen-bond donors (Lipinski definition) is 1. The van der Waals surface area contributed by atoms with Gasteiger partial charge in [-0.05, 0) is 18.2 Å². The maximum Gasteiger partial charge on any atom is 0.257 e. The zero-order chi connectivity index (χ0) is 18.1. The standard InChI is InChI=1S/C16H21N3O3S2/c1-16(2,3)13-10-23-15(17-13)18-14(20)11-7-6-8-12(9-11)24(21,22)19(4)5/h6-10H,1-5H3,(H,17,18,20). The smallest absolute Gasteiger partial charge is 0.257 e. The summed E-state index contributed by atoms with van der Waals surface area (Å²) in [4.78, 5) is 16.9. The number of nitrogens with one attached hydrogen (secondary N) is 1. The molecule has 0 aliphatic heterocycles. The number of benzene rings is 1. The Hall–Kier alpha value is -1.77. The van der Waals surface area contributed by atoms with Crippen LogP contribution in [0.15, 0.2) is 34.5 Å². The van der Waals surface area contributed by atoms with Gasteiger partial charge in [0.05, 0.1) is 10.6 Å². The highest BCUT2D eigenvalue weighted by Crippen LogP contribution is 2.26. The molecule has 2 aromatic rings. The van der Waals surface area contributed by atoms with Crippen LogP contribution in [0.2, 0.25) is 0 Å². The predicted octanol–water partition coefficient (Wildman–Crippen LogP) is 2.94. The summed E-state index contributed by atoms with van der Waals surface area (Å²) in [5.41, 5.74) is 1.07. The fraction of sp³-hybridized carbons (Fsp3) is 0.375. The molecular weight excluding hydrogens is 346 g/mol. The Bertz CT molecular complexity index is 849. The topological polar surface area (TPSA) is 79.4 Å². The van der Waals surface area contributed by atoms with Gasteiger partial charge in [0.15, 0.2) is 5.13 Å². The number of sulfonamides is 1. The number of thiazole rings is 1. The quantitative estimate of drug-likeness (QED) is 0.901. The molecule has 0 aliphatic carbocycles. The van der Waals surface area contributed by atoms with Crippen LogP contribution in [0.4, 0.5) is 5.13 Å². The summed E-state index contributed by atoms with van der Waals surface area (Å²) in [5, 5.41) is 5.12. The normalized spacial score (nSPS) is 12.4.